The van der Waals surface area contributed by atoms with Gasteiger partial charge in [0.1, 0.15) is 24.4 Å². The number of aliphatic hydroxyl groups is 2. The maximum atomic E-state index is 13.2. The van der Waals surface area contributed by atoms with E-state index in [0.29, 0.717) is 0 Å². The second kappa shape index (κ2) is 16.9. The lowest BCUT2D eigenvalue weighted by atomic mass is 9.84. The van der Waals surface area contributed by atoms with Gasteiger partial charge in [0.2, 0.25) is 0 Å². The van der Waals surface area contributed by atoms with E-state index in [1.54, 1.807) is 54.6 Å². The maximum Gasteiger partial charge on any atom is 0.338 e. The second-order valence-corrected chi connectivity index (χ2v) is 11.0. The van der Waals surface area contributed by atoms with Gasteiger partial charge in [-0.25, -0.2) is 9.59 Å². The van der Waals surface area contributed by atoms with E-state index < -0.39 is 48.6 Å². The van der Waals surface area contributed by atoms with E-state index in [0.717, 1.165) is 15.6 Å². The maximum absolute atomic E-state index is 13.2. The summed E-state index contributed by atoms with van der Waals surface area (Å²) in [6.45, 7) is 0.116. The Bertz CT molecular complexity index is 1470. The zero-order chi connectivity index (χ0) is 30.2. The first-order valence-electron chi connectivity index (χ1n) is 13.8. The van der Waals surface area contributed by atoms with E-state index in [9.17, 15) is 19.8 Å². The van der Waals surface area contributed by atoms with Crippen molar-refractivity contribution in [2.24, 2.45) is 0 Å². The van der Waals surface area contributed by atoms with Crippen molar-refractivity contribution in [3.05, 3.63) is 142 Å². The fourth-order valence-electron chi connectivity index (χ4n) is 4.89. The molecule has 11 heteroatoms. The van der Waals surface area contributed by atoms with Crippen LogP contribution in [-0.2, 0) is 32.2 Å². The minimum absolute atomic E-state index is 0. The van der Waals surface area contributed by atoms with E-state index in [1.807, 2.05) is 60.7 Å². The average molecular weight is 684 g/mol. The zero-order valence-corrected chi connectivity index (χ0v) is 25.7. The second-order valence-electron chi connectivity index (χ2n) is 10.1. The predicted octanol–water partition coefficient (Wildman–Crippen LogP) is 3.46. The molecule has 0 aromatic heterocycles. The Morgan fingerprint density at radius 1 is 0.533 bits per heavy atom. The predicted molar refractivity (Wildman–Crippen MR) is 168 cm³/mol. The van der Waals surface area contributed by atoms with Crippen LogP contribution in [0.15, 0.2) is 120 Å². The monoisotopic (exact) mass is 682 g/mol. The molecule has 0 unspecified atom stereocenters. The molecule has 6 atom stereocenters. The molecule has 1 saturated carbocycles. The number of carbonyl (C=O) groups is 2. The van der Waals surface area contributed by atoms with Crippen LogP contribution >= 0.6 is 15.9 Å². The number of benzene rings is 4. The van der Waals surface area contributed by atoms with Gasteiger partial charge in [0, 0.05) is 4.47 Å². The molecule has 1 aliphatic rings. The quantitative estimate of drug-likeness (QED) is 0.239. The molecule has 0 spiro atoms. The smallest absolute Gasteiger partial charge is 0.338 e. The van der Waals surface area contributed by atoms with Gasteiger partial charge in [0.15, 0.2) is 12.2 Å². The van der Waals surface area contributed by atoms with Crippen LogP contribution in [-0.4, -0.2) is 69.7 Å². The van der Waals surface area contributed by atoms with Crippen LogP contribution in [0.2, 0.25) is 0 Å². The summed E-state index contributed by atoms with van der Waals surface area (Å²) in [7, 11) is 0. The summed E-state index contributed by atoms with van der Waals surface area (Å²) >= 11 is 3.34. The lowest BCUT2D eigenvalue weighted by Crippen LogP contribution is -2.66. The van der Waals surface area contributed by atoms with Crippen LogP contribution in [0.25, 0.3) is 0 Å². The van der Waals surface area contributed by atoms with Gasteiger partial charge in [-0.15, -0.1) is 0 Å². The number of esters is 2. The van der Waals surface area contributed by atoms with Crippen molar-refractivity contribution < 1.29 is 49.7 Å². The van der Waals surface area contributed by atoms with Gasteiger partial charge >= 0.3 is 11.9 Å². The molecule has 1 aliphatic carbocycles. The Balaban J connectivity index is 0.00000276. The Morgan fingerprint density at radius 3 is 1.31 bits per heavy atom. The van der Waals surface area contributed by atoms with Crippen molar-refractivity contribution in [1.82, 2.24) is 0 Å². The van der Waals surface area contributed by atoms with Crippen LogP contribution in [0.1, 0.15) is 31.8 Å². The van der Waals surface area contributed by atoms with Gasteiger partial charge in [-0.05, 0) is 47.5 Å². The molecule has 45 heavy (non-hydrogen) atoms. The highest BCUT2D eigenvalue weighted by Crippen LogP contribution is 2.32. The highest BCUT2D eigenvalue weighted by Gasteiger charge is 2.55. The first-order chi connectivity index (χ1) is 20.9. The van der Waals surface area contributed by atoms with Crippen LogP contribution in [0, 0.1) is 0 Å². The number of ether oxygens (including phenoxy) is 4. The molecule has 0 aliphatic heterocycles. The van der Waals surface area contributed by atoms with Gasteiger partial charge < -0.3 is 40.1 Å². The molecule has 4 aromatic carbocycles. The molecule has 0 heterocycles. The largest absolute Gasteiger partial charge is 0.453 e. The number of carbonyl (C=O) groups excluding carboxylic acids is 2. The molecular formula is C34H35BrO10. The first-order valence-corrected chi connectivity index (χ1v) is 14.6. The summed E-state index contributed by atoms with van der Waals surface area (Å²) in [6.07, 6.45) is -8.29. The molecule has 4 aromatic rings. The minimum Gasteiger partial charge on any atom is -0.453 e. The minimum atomic E-state index is -1.60. The zero-order valence-electron chi connectivity index (χ0n) is 24.1. The van der Waals surface area contributed by atoms with Gasteiger partial charge in [-0.3, -0.25) is 0 Å². The molecule has 5 rings (SSSR count). The van der Waals surface area contributed by atoms with E-state index in [1.165, 1.54) is 0 Å². The summed E-state index contributed by atoms with van der Waals surface area (Å²) in [5, 5.41) is 23.4. The molecule has 0 bridgehead atoms. The van der Waals surface area contributed by atoms with Gasteiger partial charge in [-0.1, -0.05) is 94.8 Å². The Morgan fingerprint density at radius 2 is 0.889 bits per heavy atom. The van der Waals surface area contributed by atoms with E-state index in [2.05, 4.69) is 15.9 Å². The van der Waals surface area contributed by atoms with Crippen molar-refractivity contribution in [3.8, 4) is 0 Å². The van der Waals surface area contributed by atoms with Gasteiger partial charge in [0.25, 0.3) is 0 Å². The average Bonchev–Trinajstić information content (AvgIpc) is 3.04. The molecule has 6 N–H and O–H groups in total. The molecule has 10 nitrogen and oxygen atoms in total. The molecule has 1 fully saturated rings. The molecule has 0 saturated heterocycles. The lowest BCUT2D eigenvalue weighted by Gasteiger charge is -2.46. The first kappa shape index (κ1) is 35.5. The summed E-state index contributed by atoms with van der Waals surface area (Å²) in [4.78, 5) is 26.4. The Labute approximate surface area is 268 Å². The highest BCUT2D eigenvalue weighted by molar-refractivity contribution is 9.10. The summed E-state index contributed by atoms with van der Waals surface area (Å²) in [5.41, 5.74) is 2.09. The molecule has 0 amide bonds. The number of aliphatic hydroxyl groups excluding tert-OH is 2. The SMILES string of the molecule is O.O.O=C(O[C@@H]1[C@H](O)[C@H](OC(=O)c2ccccc2)[C@@H](OCc2ccccc2)[C@H](O)[C@H]1OCc1ccccc1)c1ccc(Br)cc1. The van der Waals surface area contributed by atoms with Crippen LogP contribution in [0.4, 0.5) is 0 Å². The van der Waals surface area contributed by atoms with Gasteiger partial charge in [0.05, 0.1) is 24.3 Å². The van der Waals surface area contributed by atoms with Crippen LogP contribution in [0.3, 0.4) is 0 Å². The summed E-state index contributed by atoms with van der Waals surface area (Å²) in [6, 6.07) is 33.3. The lowest BCUT2D eigenvalue weighted by molar-refractivity contribution is -0.249. The van der Waals surface area contributed by atoms with Crippen molar-refractivity contribution in [2.75, 3.05) is 0 Å². The van der Waals surface area contributed by atoms with Crippen molar-refractivity contribution in [2.45, 2.75) is 49.8 Å². The molecule has 0 radical (unpaired) electrons. The van der Waals surface area contributed by atoms with E-state index in [4.69, 9.17) is 18.9 Å². The fraction of sp³-hybridized carbons (Fsp3) is 0.235. The topological polar surface area (TPSA) is 175 Å². The molecule has 238 valence electrons. The third-order valence-corrected chi connectivity index (χ3v) is 7.67. The normalized spacial score (nSPS) is 22.3. The number of hydrogen-bond donors (Lipinski definition) is 2. The highest BCUT2D eigenvalue weighted by atomic mass is 79.9. The fourth-order valence-corrected chi connectivity index (χ4v) is 5.15. The standard InChI is InChI=1S/C34H31BrO8.2H2O/c35-26-18-16-25(17-19-26)34(39)43-32-28(37)31(42-33(38)24-14-8-3-9-15-24)29(40-20-22-10-4-1-5-11-22)27(36)30(32)41-21-23-12-6-2-7-13-23;;/h1-19,27-32,36-37H,20-21H2;2*1H2/t27-,28+,29-,30+,31-,32+;;/m0../s1. The number of halogens is 1. The van der Waals surface area contributed by atoms with Crippen LogP contribution < -0.4 is 0 Å². The third kappa shape index (κ3) is 9.05. The van der Waals surface area contributed by atoms with E-state index in [-0.39, 0.29) is 35.3 Å². The number of hydrogen-bond acceptors (Lipinski definition) is 8. The summed E-state index contributed by atoms with van der Waals surface area (Å²) < 4.78 is 24.6. The Hall–Kier alpha value is -3.94. The third-order valence-electron chi connectivity index (χ3n) is 7.14. The van der Waals surface area contributed by atoms with Crippen molar-refractivity contribution >= 4 is 27.9 Å². The van der Waals surface area contributed by atoms with Crippen molar-refractivity contribution in [3.63, 3.8) is 0 Å². The van der Waals surface area contributed by atoms with Crippen molar-refractivity contribution in [1.29, 1.82) is 0 Å². The summed E-state index contributed by atoms with van der Waals surface area (Å²) in [5.74, 6) is -1.47. The van der Waals surface area contributed by atoms with Crippen LogP contribution in [0.5, 0.6) is 0 Å². The Kier molecular flexibility index (Phi) is 13.4. The molecular weight excluding hydrogens is 648 g/mol. The number of rotatable bonds is 10. The van der Waals surface area contributed by atoms with Gasteiger partial charge in [-0.2, -0.15) is 0 Å². The van der Waals surface area contributed by atoms with E-state index >= 15 is 0 Å².